The molecule has 3 heterocycles. The fourth-order valence-corrected chi connectivity index (χ4v) is 9.18. The third-order valence-corrected chi connectivity index (χ3v) is 12.8. The van der Waals surface area contributed by atoms with Crippen molar-refractivity contribution in [3.05, 3.63) is 42.6 Å². The summed E-state index contributed by atoms with van der Waals surface area (Å²) in [4.78, 5) is 62.5. The van der Waals surface area contributed by atoms with Crippen LogP contribution < -0.4 is 30.1 Å². The fraction of sp³-hybridized carbons (Fsp3) is 0.615. The minimum atomic E-state index is -3.89. The van der Waals surface area contributed by atoms with E-state index in [1.165, 1.54) is 4.90 Å². The lowest BCUT2D eigenvalue weighted by molar-refractivity contribution is -0.142. The molecule has 2 saturated carbocycles. The Morgan fingerprint density at radius 1 is 1.09 bits per heavy atom. The van der Waals surface area contributed by atoms with E-state index in [-0.39, 0.29) is 31.2 Å². The molecule has 0 radical (unpaired) electrons. The van der Waals surface area contributed by atoms with E-state index in [4.69, 9.17) is 9.47 Å². The molecule has 2 aliphatic heterocycles. The van der Waals surface area contributed by atoms with Gasteiger partial charge in [0, 0.05) is 34.8 Å². The first-order valence-electron chi connectivity index (χ1n) is 19.1. The van der Waals surface area contributed by atoms with E-state index >= 15 is 0 Å². The molecule has 14 nitrogen and oxygen atoms in total. The first-order chi connectivity index (χ1) is 25.5. The monoisotopic (exact) mass is 766 g/mol. The number of sulfonamides is 1. The number of aromatic nitrogens is 1. The maximum Gasteiger partial charge on any atom is 0.315 e. The molecule has 15 heteroatoms. The summed E-state index contributed by atoms with van der Waals surface area (Å²) in [5, 5.41) is 9.63. The largest absolute Gasteiger partial charge is 0.496 e. The van der Waals surface area contributed by atoms with Crippen LogP contribution in [0.4, 0.5) is 4.79 Å². The van der Waals surface area contributed by atoms with Gasteiger partial charge in [-0.05, 0) is 89.3 Å². The average Bonchev–Trinajstić information content (AvgIpc) is 4.04. The van der Waals surface area contributed by atoms with Gasteiger partial charge in [0.15, 0.2) is 0 Å². The van der Waals surface area contributed by atoms with E-state index in [0.717, 1.165) is 11.8 Å². The molecule has 2 unspecified atom stereocenters. The number of hydrogen-bond acceptors (Lipinski definition) is 9. The number of ether oxygens (including phenoxy) is 2. The lowest BCUT2D eigenvalue weighted by atomic mass is 9.85. The van der Waals surface area contributed by atoms with Gasteiger partial charge in [0.1, 0.15) is 29.5 Å². The molecule has 5 amide bonds. The topological polar surface area (TPSA) is 185 Å². The van der Waals surface area contributed by atoms with Crippen molar-refractivity contribution < 1.29 is 37.1 Å². The number of amides is 5. The summed E-state index contributed by atoms with van der Waals surface area (Å²) in [7, 11) is -2.32. The summed E-state index contributed by atoms with van der Waals surface area (Å²) >= 11 is 0. The first kappa shape index (κ1) is 39.3. The maximum atomic E-state index is 14.9. The second-order valence-electron chi connectivity index (χ2n) is 16.4. The number of carbonyl (C=O) groups excluding carboxylic acids is 4. The number of carbonyl (C=O) groups is 4. The van der Waals surface area contributed by atoms with Crippen molar-refractivity contribution in [3.8, 4) is 11.6 Å². The van der Waals surface area contributed by atoms with Crippen LogP contribution >= 0.6 is 0 Å². The lowest BCUT2D eigenvalue weighted by Crippen LogP contribution is -2.60. The number of nitrogens with zero attached hydrogens (tertiary/aromatic N) is 2. The summed E-state index contributed by atoms with van der Waals surface area (Å²) in [6, 6.07) is 4.76. The fourth-order valence-electron chi connectivity index (χ4n) is 7.82. The van der Waals surface area contributed by atoms with Gasteiger partial charge in [0.2, 0.25) is 27.7 Å². The highest BCUT2D eigenvalue weighted by molar-refractivity contribution is 7.91. The van der Waals surface area contributed by atoms with E-state index in [9.17, 15) is 27.6 Å². The van der Waals surface area contributed by atoms with Gasteiger partial charge >= 0.3 is 6.03 Å². The van der Waals surface area contributed by atoms with Crippen LogP contribution in [0.3, 0.4) is 0 Å². The van der Waals surface area contributed by atoms with E-state index in [1.54, 1.807) is 13.3 Å². The summed E-state index contributed by atoms with van der Waals surface area (Å²) in [6.07, 6.45) is 8.75. The number of fused-ring (bicyclic) bond motifs is 3. The summed E-state index contributed by atoms with van der Waals surface area (Å²) in [5.74, 6) is -1.38. The molecule has 1 aromatic heterocycles. The number of allylic oxidation sites excluding steroid dienone is 1. The number of hydrogen-bond donors (Lipinski definition) is 4. The second-order valence-corrected chi connectivity index (χ2v) is 18.4. The highest BCUT2D eigenvalue weighted by Crippen LogP contribution is 2.46. The molecular formula is C39H54N6O8S. The van der Waals surface area contributed by atoms with E-state index < -0.39 is 74.2 Å². The molecule has 4 N–H and O–H groups in total. The molecule has 294 valence electrons. The van der Waals surface area contributed by atoms with Gasteiger partial charge < -0.3 is 30.3 Å². The van der Waals surface area contributed by atoms with Crippen LogP contribution in [-0.2, 0) is 24.4 Å². The Labute approximate surface area is 317 Å². The smallest absolute Gasteiger partial charge is 0.315 e. The van der Waals surface area contributed by atoms with Crippen LogP contribution in [0.25, 0.3) is 10.8 Å². The zero-order chi connectivity index (χ0) is 39.0. The van der Waals surface area contributed by atoms with Crippen LogP contribution in [-0.4, -0.2) is 90.2 Å². The van der Waals surface area contributed by atoms with E-state index in [0.29, 0.717) is 49.1 Å². The number of pyridine rings is 1. The second kappa shape index (κ2) is 15.4. The number of urea groups is 1. The Kier molecular flexibility index (Phi) is 11.2. The van der Waals surface area contributed by atoms with Crippen molar-refractivity contribution in [2.75, 3.05) is 13.7 Å². The molecule has 1 saturated heterocycles. The highest BCUT2D eigenvalue weighted by Gasteiger charge is 2.62. The highest BCUT2D eigenvalue weighted by atomic mass is 32.2. The van der Waals surface area contributed by atoms with Gasteiger partial charge in [0.05, 0.1) is 18.9 Å². The first-order valence-corrected chi connectivity index (χ1v) is 20.6. The van der Waals surface area contributed by atoms with Gasteiger partial charge in [-0.1, -0.05) is 38.5 Å². The molecule has 4 aliphatic rings. The van der Waals surface area contributed by atoms with Crippen LogP contribution in [0.15, 0.2) is 42.6 Å². The molecular weight excluding hydrogens is 713 g/mol. The van der Waals surface area contributed by atoms with Crippen molar-refractivity contribution in [1.82, 2.24) is 30.6 Å². The third-order valence-electron chi connectivity index (χ3n) is 11.0. The van der Waals surface area contributed by atoms with Crippen molar-refractivity contribution in [2.45, 2.75) is 121 Å². The SMILES string of the molecule is CC[C@@H]1C[C@@H](C)CC/C=C\C2CC2(C(=O)NS(=O)(=O)C2CC2)NC(=O)[C@@H]2C[C@@H](Oc3nccc4c(OC)cccc34)CN2C(=O)[C@H]1NC(=O)NC(C)(C)C. The van der Waals surface area contributed by atoms with Crippen molar-refractivity contribution in [2.24, 2.45) is 17.8 Å². The number of methoxy groups -OCH3 is 1. The normalized spacial score (nSPS) is 29.8. The summed E-state index contributed by atoms with van der Waals surface area (Å²) in [5.41, 5.74) is -2.07. The van der Waals surface area contributed by atoms with Crippen molar-refractivity contribution in [1.29, 1.82) is 0 Å². The van der Waals surface area contributed by atoms with E-state index in [2.05, 4.69) is 32.6 Å². The average molecular weight is 767 g/mol. The Hall–Kier alpha value is -4.40. The minimum absolute atomic E-state index is 0.00258. The van der Waals surface area contributed by atoms with Gasteiger partial charge in [-0.2, -0.15) is 0 Å². The Balaban J connectivity index is 1.36. The molecule has 54 heavy (non-hydrogen) atoms. The lowest BCUT2D eigenvalue weighted by Gasteiger charge is -2.34. The molecule has 2 aromatic rings. The van der Waals surface area contributed by atoms with Gasteiger partial charge in [-0.3, -0.25) is 19.1 Å². The van der Waals surface area contributed by atoms with Crippen molar-refractivity contribution in [3.63, 3.8) is 0 Å². The maximum absolute atomic E-state index is 14.9. The van der Waals surface area contributed by atoms with Crippen LogP contribution in [0.5, 0.6) is 11.6 Å². The van der Waals surface area contributed by atoms with E-state index in [1.807, 2.05) is 64.1 Å². The molecule has 1 aromatic carbocycles. The number of benzene rings is 1. The molecule has 6 rings (SSSR count). The molecule has 0 spiro atoms. The predicted molar refractivity (Wildman–Crippen MR) is 203 cm³/mol. The summed E-state index contributed by atoms with van der Waals surface area (Å²) in [6.45, 7) is 9.66. The van der Waals surface area contributed by atoms with Gasteiger partial charge in [-0.25, -0.2) is 18.2 Å². The Bertz CT molecular complexity index is 1910. The zero-order valence-electron chi connectivity index (χ0n) is 32.0. The third kappa shape index (κ3) is 8.61. The predicted octanol–water partition coefficient (Wildman–Crippen LogP) is 3.94. The van der Waals surface area contributed by atoms with Crippen LogP contribution in [0.2, 0.25) is 0 Å². The quantitative estimate of drug-likeness (QED) is 0.289. The molecule has 2 aliphatic carbocycles. The molecule has 7 atom stereocenters. The van der Waals surface area contributed by atoms with Gasteiger partial charge in [0.25, 0.3) is 5.91 Å². The van der Waals surface area contributed by atoms with Gasteiger partial charge in [-0.15, -0.1) is 0 Å². The van der Waals surface area contributed by atoms with Crippen molar-refractivity contribution >= 4 is 44.5 Å². The minimum Gasteiger partial charge on any atom is -0.496 e. The Morgan fingerprint density at radius 3 is 2.54 bits per heavy atom. The molecule has 3 fully saturated rings. The standard InChI is InChI=1S/C39H54N6O8S/c1-7-24-19-23(2)11-8-9-12-25-21-39(25,36(48)44-54(50,51)27-15-16-27)42-33(46)30-20-26(22-45(30)35(47)32(24)41-37(49)43-38(3,4)5)53-34-29-13-10-14-31(52-6)28(29)17-18-40-34/h9-10,12-14,17-18,23-27,30,32H,7-8,11,15-16,19-22H2,1-6H3,(H,42,46)(H,44,48)(H2,41,43,49)/b12-9-/t23-,24+,25?,26+,30-,32-,39?/m0/s1. The number of nitrogens with one attached hydrogen (secondary N) is 4. The molecule has 0 bridgehead atoms. The summed E-state index contributed by atoms with van der Waals surface area (Å²) < 4.78 is 40.0. The van der Waals surface area contributed by atoms with Crippen LogP contribution in [0.1, 0.15) is 86.0 Å². The Morgan fingerprint density at radius 2 is 1.85 bits per heavy atom. The van der Waals surface area contributed by atoms with Crippen LogP contribution in [0, 0.1) is 17.8 Å². The zero-order valence-corrected chi connectivity index (χ0v) is 32.8. The number of rotatable bonds is 8.